The van der Waals surface area contributed by atoms with Crippen LogP contribution in [0.15, 0.2) is 35.8 Å². The molecule has 0 saturated heterocycles. The van der Waals surface area contributed by atoms with E-state index in [1.165, 1.54) is 11.3 Å². The van der Waals surface area contributed by atoms with Gasteiger partial charge in [-0.2, -0.15) is 5.26 Å². The van der Waals surface area contributed by atoms with Crippen LogP contribution in [-0.2, 0) is 11.5 Å². The molecule has 2 heterocycles. The molecule has 26 heavy (non-hydrogen) atoms. The first-order chi connectivity index (χ1) is 12.4. The molecule has 5 nitrogen and oxygen atoms in total. The van der Waals surface area contributed by atoms with Gasteiger partial charge < -0.3 is 14.4 Å². The molecular formula is C19H23N3O2SSi. The van der Waals surface area contributed by atoms with Gasteiger partial charge in [-0.25, -0.2) is 4.98 Å². The normalized spacial score (nSPS) is 13.0. The summed E-state index contributed by atoms with van der Waals surface area (Å²) in [5.74, 6) is 0. The summed E-state index contributed by atoms with van der Waals surface area (Å²) in [6.45, 7) is 8.20. The second-order valence-corrected chi connectivity index (χ2v) is 14.0. The van der Waals surface area contributed by atoms with Gasteiger partial charge in [0.15, 0.2) is 5.69 Å². The van der Waals surface area contributed by atoms with Crippen LogP contribution in [0.25, 0.3) is 10.9 Å². The van der Waals surface area contributed by atoms with Crippen LogP contribution in [0.4, 0.5) is 0 Å². The summed E-state index contributed by atoms with van der Waals surface area (Å²) in [7, 11) is -1.11. The van der Waals surface area contributed by atoms with Crippen LogP contribution < -0.4 is 0 Å². The average molecular weight is 386 g/mol. The number of aliphatic hydroxyl groups is 1. The molecule has 0 aliphatic rings. The quantitative estimate of drug-likeness (QED) is 0.484. The van der Waals surface area contributed by atoms with Crippen LogP contribution in [0.1, 0.15) is 22.4 Å². The van der Waals surface area contributed by atoms with Gasteiger partial charge in [0.2, 0.25) is 0 Å². The smallest absolute Gasteiger partial charge is 0.151 e. The fraction of sp³-hybridized carbons (Fsp3) is 0.368. The summed E-state index contributed by atoms with van der Waals surface area (Å²) in [5, 5.41) is 22.9. The molecule has 1 unspecified atom stereocenters. The number of fused-ring (bicyclic) bond motifs is 1. The molecule has 0 aliphatic carbocycles. The van der Waals surface area contributed by atoms with E-state index >= 15 is 0 Å². The average Bonchev–Trinajstić information content (AvgIpc) is 3.22. The maximum absolute atomic E-state index is 10.8. The summed E-state index contributed by atoms with van der Waals surface area (Å²) >= 11 is 1.30. The van der Waals surface area contributed by atoms with Crippen molar-refractivity contribution in [3.63, 3.8) is 0 Å². The van der Waals surface area contributed by atoms with Gasteiger partial charge in [-0.05, 0) is 12.1 Å². The molecule has 0 saturated carbocycles. The zero-order chi connectivity index (χ0) is 18.7. The molecular weight excluding hydrogens is 362 g/mol. The summed E-state index contributed by atoms with van der Waals surface area (Å²) in [4.78, 5) is 4.20. The molecule has 3 rings (SSSR count). The van der Waals surface area contributed by atoms with Crippen molar-refractivity contribution in [3.05, 3.63) is 52.1 Å². The van der Waals surface area contributed by atoms with Gasteiger partial charge in [-0.1, -0.05) is 37.8 Å². The van der Waals surface area contributed by atoms with Crippen molar-refractivity contribution in [2.75, 3.05) is 6.61 Å². The summed E-state index contributed by atoms with van der Waals surface area (Å²) in [6, 6.07) is 11.1. The van der Waals surface area contributed by atoms with Crippen LogP contribution in [-0.4, -0.2) is 29.3 Å². The molecule has 0 bridgehead atoms. The van der Waals surface area contributed by atoms with Crippen LogP contribution >= 0.6 is 11.3 Å². The highest BCUT2D eigenvalue weighted by Gasteiger charge is 2.20. The molecule has 3 aromatic rings. The number of nitriles is 1. The lowest BCUT2D eigenvalue weighted by atomic mass is 10.1. The number of hydrogen-bond donors (Lipinski definition) is 1. The molecule has 7 heteroatoms. The van der Waals surface area contributed by atoms with E-state index in [0.717, 1.165) is 29.1 Å². The predicted molar refractivity (Wildman–Crippen MR) is 107 cm³/mol. The Kier molecular flexibility index (Phi) is 5.58. The predicted octanol–water partition coefficient (Wildman–Crippen LogP) is 4.36. The zero-order valence-electron chi connectivity index (χ0n) is 15.3. The molecule has 0 fully saturated rings. The Morgan fingerprint density at radius 3 is 2.81 bits per heavy atom. The number of ether oxygens (including phenoxy) is 1. The molecule has 0 amide bonds. The number of nitrogens with zero attached hydrogens (tertiary/aromatic N) is 3. The van der Waals surface area contributed by atoms with Crippen molar-refractivity contribution < 1.29 is 9.84 Å². The summed E-state index contributed by atoms with van der Waals surface area (Å²) in [6.07, 6.45) is 1.08. The third-order valence-electron chi connectivity index (χ3n) is 4.21. The molecule has 1 aromatic carbocycles. The molecule has 136 valence electrons. The van der Waals surface area contributed by atoms with E-state index in [0.29, 0.717) is 17.4 Å². The largest absolute Gasteiger partial charge is 0.381 e. The lowest BCUT2D eigenvalue weighted by Gasteiger charge is -2.15. The van der Waals surface area contributed by atoms with E-state index in [1.54, 1.807) is 5.38 Å². The van der Waals surface area contributed by atoms with Crippen molar-refractivity contribution in [2.24, 2.45) is 0 Å². The Labute approximate surface area is 158 Å². The Hall–Kier alpha value is -1.98. The minimum atomic E-state index is -1.11. The van der Waals surface area contributed by atoms with E-state index in [-0.39, 0.29) is 0 Å². The van der Waals surface area contributed by atoms with Gasteiger partial charge in [-0.15, -0.1) is 11.3 Å². The van der Waals surface area contributed by atoms with E-state index < -0.39 is 14.2 Å². The molecule has 0 spiro atoms. The fourth-order valence-electron chi connectivity index (χ4n) is 2.74. The third-order valence-corrected chi connectivity index (χ3v) is 6.81. The second kappa shape index (κ2) is 7.72. The van der Waals surface area contributed by atoms with Gasteiger partial charge in [0.25, 0.3) is 0 Å². The number of hydrogen-bond acceptors (Lipinski definition) is 5. The number of aliphatic hydroxyl groups excluding tert-OH is 1. The maximum Gasteiger partial charge on any atom is 0.151 e. The number of para-hydroxylation sites is 1. The van der Waals surface area contributed by atoms with Crippen molar-refractivity contribution in [1.82, 2.24) is 9.55 Å². The number of benzene rings is 1. The molecule has 1 atom stereocenters. The van der Waals surface area contributed by atoms with Gasteiger partial charge >= 0.3 is 0 Å². The third kappa shape index (κ3) is 4.22. The molecule has 0 radical (unpaired) electrons. The first-order valence-corrected chi connectivity index (χ1v) is 13.2. The van der Waals surface area contributed by atoms with Gasteiger partial charge in [0.05, 0.1) is 5.52 Å². The molecule has 0 aliphatic heterocycles. The second-order valence-electron chi connectivity index (χ2n) is 7.50. The van der Waals surface area contributed by atoms with Crippen LogP contribution in [0, 0.1) is 11.3 Å². The van der Waals surface area contributed by atoms with Gasteiger partial charge in [0, 0.05) is 37.2 Å². The SMILES string of the molecule is C[Si](C)(C)CCOCn1cc(C(O)c2nc(C#N)cs2)c2ccccc21. The monoisotopic (exact) mass is 385 g/mol. The molecule has 1 N–H and O–H groups in total. The minimum Gasteiger partial charge on any atom is -0.381 e. The van der Waals surface area contributed by atoms with Crippen molar-refractivity contribution in [1.29, 1.82) is 5.26 Å². The first-order valence-electron chi connectivity index (χ1n) is 8.58. The highest BCUT2D eigenvalue weighted by molar-refractivity contribution is 7.09. The van der Waals surface area contributed by atoms with Crippen molar-refractivity contribution in [3.8, 4) is 6.07 Å². The van der Waals surface area contributed by atoms with Crippen molar-refractivity contribution >= 4 is 30.3 Å². The first kappa shape index (κ1) is 18.8. The number of aromatic nitrogens is 2. The number of rotatable bonds is 7. The van der Waals surface area contributed by atoms with E-state index in [4.69, 9.17) is 10.00 Å². The zero-order valence-corrected chi connectivity index (χ0v) is 17.1. The van der Waals surface area contributed by atoms with Crippen LogP contribution in [0.2, 0.25) is 25.7 Å². The highest BCUT2D eigenvalue weighted by Crippen LogP contribution is 2.32. The Morgan fingerprint density at radius 1 is 1.35 bits per heavy atom. The van der Waals surface area contributed by atoms with E-state index in [9.17, 15) is 5.11 Å². The Morgan fingerprint density at radius 2 is 2.12 bits per heavy atom. The van der Waals surface area contributed by atoms with Crippen molar-refractivity contribution in [2.45, 2.75) is 38.5 Å². The fourth-order valence-corrected chi connectivity index (χ4v) is 4.24. The van der Waals surface area contributed by atoms with Crippen LogP contribution in [0.5, 0.6) is 0 Å². The lowest BCUT2D eigenvalue weighted by molar-refractivity contribution is 0.0899. The summed E-state index contributed by atoms with van der Waals surface area (Å²) in [5.41, 5.74) is 2.14. The number of thiazole rings is 1. The summed E-state index contributed by atoms with van der Waals surface area (Å²) < 4.78 is 7.91. The van der Waals surface area contributed by atoms with E-state index in [2.05, 4.69) is 24.6 Å². The van der Waals surface area contributed by atoms with Gasteiger partial charge in [0.1, 0.15) is 23.9 Å². The topological polar surface area (TPSA) is 71.1 Å². The maximum atomic E-state index is 10.8. The standard InChI is InChI=1S/C19H23N3O2SSi/c1-26(2,3)9-8-24-13-22-11-16(15-6-4-5-7-17(15)22)18(23)19-21-14(10-20)12-25-19/h4-7,11-12,18,23H,8-9,13H2,1-3H3. The lowest BCUT2D eigenvalue weighted by Crippen LogP contribution is -2.21. The highest BCUT2D eigenvalue weighted by atomic mass is 32.1. The molecule has 2 aromatic heterocycles. The minimum absolute atomic E-state index is 0.336. The van der Waals surface area contributed by atoms with E-state index in [1.807, 2.05) is 41.1 Å². The Bertz CT molecular complexity index is 936. The van der Waals surface area contributed by atoms with Gasteiger partial charge in [-0.3, -0.25) is 0 Å². The Balaban J connectivity index is 1.84. The van der Waals surface area contributed by atoms with Crippen LogP contribution in [0.3, 0.4) is 0 Å².